The average Bonchev–Trinajstić information content (AvgIpc) is 2.31. The van der Waals surface area contributed by atoms with Crippen molar-refractivity contribution < 1.29 is 4.92 Å². The van der Waals surface area contributed by atoms with Crippen LogP contribution in [0.25, 0.3) is 0 Å². The molecule has 15 heavy (non-hydrogen) atoms. The first-order valence-corrected chi connectivity index (χ1v) is 5.23. The molecule has 0 unspecified atom stereocenters. The van der Waals surface area contributed by atoms with E-state index in [2.05, 4.69) is 4.90 Å². The van der Waals surface area contributed by atoms with Gasteiger partial charge in [0.2, 0.25) is 0 Å². The first kappa shape index (κ1) is 8.71. The molecule has 2 bridgehead atoms. The summed E-state index contributed by atoms with van der Waals surface area (Å²) in [6.07, 6.45) is 1.30. The molecule has 4 heteroatoms. The Bertz CT molecular complexity index is 422. The van der Waals surface area contributed by atoms with Crippen LogP contribution < -0.4 is 4.90 Å². The summed E-state index contributed by atoms with van der Waals surface area (Å²) in [5.74, 6) is 0. The molecule has 0 amide bonds. The van der Waals surface area contributed by atoms with Crippen LogP contribution in [0.2, 0.25) is 0 Å². The minimum atomic E-state index is -0.800. The monoisotopic (exact) mass is 204 g/mol. The van der Waals surface area contributed by atoms with Gasteiger partial charge >= 0.3 is 0 Å². The predicted molar refractivity (Wildman–Crippen MR) is 56.6 cm³/mol. The van der Waals surface area contributed by atoms with Gasteiger partial charge in [0.15, 0.2) is 0 Å². The van der Waals surface area contributed by atoms with E-state index in [1.807, 2.05) is 24.3 Å². The Hall–Kier alpha value is -1.58. The Labute approximate surface area is 87.7 Å². The third kappa shape index (κ3) is 0.963. The van der Waals surface area contributed by atoms with Gasteiger partial charge in [-0.1, -0.05) is 12.1 Å². The van der Waals surface area contributed by atoms with Crippen molar-refractivity contribution in [1.29, 1.82) is 0 Å². The molecule has 3 heterocycles. The van der Waals surface area contributed by atoms with Crippen molar-refractivity contribution in [2.24, 2.45) is 0 Å². The van der Waals surface area contributed by atoms with Gasteiger partial charge in [0.05, 0.1) is 5.56 Å². The van der Waals surface area contributed by atoms with Crippen molar-refractivity contribution in [2.45, 2.75) is 18.4 Å². The summed E-state index contributed by atoms with van der Waals surface area (Å²) in [7, 11) is 0. The lowest BCUT2D eigenvalue weighted by molar-refractivity contribution is -0.584. The van der Waals surface area contributed by atoms with E-state index in [9.17, 15) is 10.1 Å². The number of para-hydroxylation sites is 1. The molecule has 1 aromatic carbocycles. The topological polar surface area (TPSA) is 46.4 Å². The van der Waals surface area contributed by atoms with Gasteiger partial charge in [0.25, 0.3) is 5.54 Å². The normalized spacial score (nSPS) is 21.2. The van der Waals surface area contributed by atoms with Gasteiger partial charge < -0.3 is 4.90 Å². The first-order chi connectivity index (χ1) is 7.24. The summed E-state index contributed by atoms with van der Waals surface area (Å²) in [6, 6.07) is 7.74. The maximum atomic E-state index is 11.3. The van der Waals surface area contributed by atoms with Crippen molar-refractivity contribution in [1.82, 2.24) is 0 Å². The lowest BCUT2D eigenvalue weighted by atomic mass is 9.76. The van der Waals surface area contributed by atoms with Crippen LogP contribution in [0.4, 0.5) is 5.69 Å². The third-order valence-electron chi connectivity index (χ3n) is 3.69. The maximum absolute atomic E-state index is 11.3. The minimum Gasteiger partial charge on any atom is -0.371 e. The number of nitro groups is 1. The molecule has 0 N–H and O–H groups in total. The van der Waals surface area contributed by atoms with Crippen molar-refractivity contribution in [3.05, 3.63) is 39.9 Å². The van der Waals surface area contributed by atoms with Gasteiger partial charge in [-0.05, 0) is 12.1 Å². The standard InChI is InChI=1S/C11H12N2O2/c14-13(15)11-5-7-12(8-6-11)10-4-2-1-3-9(10)11/h1-4H,5-8H2. The number of hydrogen-bond donors (Lipinski definition) is 0. The van der Waals surface area contributed by atoms with Crippen molar-refractivity contribution in [2.75, 3.05) is 18.0 Å². The van der Waals surface area contributed by atoms with Crippen LogP contribution in [0.3, 0.4) is 0 Å². The van der Waals surface area contributed by atoms with Crippen LogP contribution >= 0.6 is 0 Å². The quantitative estimate of drug-likeness (QED) is 0.517. The predicted octanol–water partition coefficient (Wildman–Crippen LogP) is 1.77. The van der Waals surface area contributed by atoms with E-state index in [4.69, 9.17) is 0 Å². The smallest absolute Gasteiger partial charge is 0.252 e. The van der Waals surface area contributed by atoms with Gasteiger partial charge in [-0.2, -0.15) is 0 Å². The zero-order valence-corrected chi connectivity index (χ0v) is 8.35. The molecule has 0 radical (unpaired) electrons. The Morgan fingerprint density at radius 2 is 1.93 bits per heavy atom. The van der Waals surface area contributed by atoms with E-state index >= 15 is 0 Å². The van der Waals surface area contributed by atoms with E-state index in [0.717, 1.165) is 24.3 Å². The van der Waals surface area contributed by atoms with Crippen LogP contribution in [0.5, 0.6) is 0 Å². The fraction of sp³-hybridized carbons (Fsp3) is 0.455. The third-order valence-corrected chi connectivity index (χ3v) is 3.69. The minimum absolute atomic E-state index is 0.0810. The summed E-state index contributed by atoms with van der Waals surface area (Å²) in [6.45, 7) is 1.63. The maximum Gasteiger partial charge on any atom is 0.252 e. The lowest BCUT2D eigenvalue weighted by Crippen LogP contribution is -2.52. The molecule has 78 valence electrons. The highest BCUT2D eigenvalue weighted by atomic mass is 16.6. The molecule has 1 saturated heterocycles. The van der Waals surface area contributed by atoms with E-state index in [-0.39, 0.29) is 4.92 Å². The zero-order chi connectivity index (χ0) is 10.5. The second-order valence-corrected chi connectivity index (χ2v) is 4.29. The molecule has 0 saturated carbocycles. The van der Waals surface area contributed by atoms with Crippen molar-refractivity contribution >= 4 is 5.69 Å². The number of rotatable bonds is 1. The summed E-state index contributed by atoms with van der Waals surface area (Å²) >= 11 is 0. The van der Waals surface area contributed by atoms with Crippen LogP contribution in [0, 0.1) is 10.1 Å². The average molecular weight is 204 g/mol. The number of hydrogen-bond acceptors (Lipinski definition) is 3. The molecule has 4 nitrogen and oxygen atoms in total. The summed E-state index contributed by atoms with van der Waals surface area (Å²) < 4.78 is 0. The molecule has 4 rings (SSSR count). The fourth-order valence-electron chi connectivity index (χ4n) is 2.81. The van der Waals surface area contributed by atoms with Gasteiger partial charge in [-0.15, -0.1) is 0 Å². The molecular weight excluding hydrogens is 192 g/mol. The highest BCUT2D eigenvalue weighted by molar-refractivity contribution is 5.60. The molecule has 3 aliphatic rings. The van der Waals surface area contributed by atoms with E-state index in [0.29, 0.717) is 12.8 Å². The SMILES string of the molecule is O=[N+]([O-])C12CCN(CC1)c1ccccc12. The van der Waals surface area contributed by atoms with E-state index < -0.39 is 5.54 Å². The van der Waals surface area contributed by atoms with Gasteiger partial charge in [-0.25, -0.2) is 0 Å². The summed E-state index contributed by atoms with van der Waals surface area (Å²) in [4.78, 5) is 13.5. The van der Waals surface area contributed by atoms with Crippen LogP contribution in [0.15, 0.2) is 24.3 Å². The molecule has 0 atom stereocenters. The van der Waals surface area contributed by atoms with Gasteiger partial charge in [0.1, 0.15) is 0 Å². The summed E-state index contributed by atoms with van der Waals surface area (Å²) in [5.41, 5.74) is 1.17. The number of nitrogens with zero attached hydrogens (tertiary/aromatic N) is 2. The zero-order valence-electron chi connectivity index (χ0n) is 8.35. The molecule has 0 aromatic heterocycles. The number of fused-ring (bicyclic) bond motifs is 2. The Morgan fingerprint density at radius 3 is 2.60 bits per heavy atom. The first-order valence-electron chi connectivity index (χ1n) is 5.23. The Balaban J connectivity index is 2.24. The molecule has 1 fully saturated rings. The number of anilines is 1. The lowest BCUT2D eigenvalue weighted by Gasteiger charge is -2.44. The Morgan fingerprint density at radius 1 is 1.27 bits per heavy atom. The van der Waals surface area contributed by atoms with Crippen molar-refractivity contribution in [3.63, 3.8) is 0 Å². The molecule has 1 aromatic rings. The van der Waals surface area contributed by atoms with Crippen LogP contribution in [-0.4, -0.2) is 18.0 Å². The van der Waals surface area contributed by atoms with Gasteiger partial charge in [-0.3, -0.25) is 10.1 Å². The highest BCUT2D eigenvalue weighted by Crippen LogP contribution is 2.46. The van der Waals surface area contributed by atoms with Crippen LogP contribution in [0.1, 0.15) is 18.4 Å². The summed E-state index contributed by atoms with van der Waals surface area (Å²) in [5, 5.41) is 11.3. The van der Waals surface area contributed by atoms with E-state index in [1.165, 1.54) is 0 Å². The Kier molecular flexibility index (Phi) is 1.58. The molecule has 0 aliphatic carbocycles. The van der Waals surface area contributed by atoms with Crippen LogP contribution in [-0.2, 0) is 5.54 Å². The fourth-order valence-corrected chi connectivity index (χ4v) is 2.81. The van der Waals surface area contributed by atoms with E-state index in [1.54, 1.807) is 0 Å². The second-order valence-electron chi connectivity index (χ2n) is 4.29. The molecule has 0 spiro atoms. The highest BCUT2D eigenvalue weighted by Gasteiger charge is 2.53. The van der Waals surface area contributed by atoms with Gasteiger partial charge in [0, 0.05) is 36.5 Å². The van der Waals surface area contributed by atoms with Crippen molar-refractivity contribution in [3.8, 4) is 0 Å². The largest absolute Gasteiger partial charge is 0.371 e. The second kappa shape index (κ2) is 2.72. The molecular formula is C11H12N2O2. The number of benzene rings is 1. The molecule has 3 aliphatic heterocycles. The number of piperidine rings is 1.